The molecule has 0 bridgehead atoms. The predicted octanol–water partition coefficient (Wildman–Crippen LogP) is 3.47. The van der Waals surface area contributed by atoms with Crippen molar-refractivity contribution < 1.29 is 36.1 Å². The monoisotopic (exact) mass is 342 g/mol. The van der Waals surface area contributed by atoms with Crippen molar-refractivity contribution in [3.05, 3.63) is 66.2 Å². The predicted molar refractivity (Wildman–Crippen MR) is 80.5 cm³/mol. The molecular formula is C17H18FeO4-6. The van der Waals surface area contributed by atoms with Crippen molar-refractivity contribution in [3.8, 4) is 5.75 Å². The Morgan fingerprint density at radius 2 is 1.77 bits per heavy atom. The summed E-state index contributed by atoms with van der Waals surface area (Å²) in [6.45, 7) is 6.98. The second-order valence-electron chi connectivity index (χ2n) is 4.16. The molecule has 0 aromatic heterocycles. The zero-order valence-electron chi connectivity index (χ0n) is 12.5. The number of esters is 2. The van der Waals surface area contributed by atoms with E-state index in [9.17, 15) is 9.59 Å². The molecule has 0 aliphatic rings. The van der Waals surface area contributed by atoms with Gasteiger partial charge in [-0.2, -0.15) is 0 Å². The van der Waals surface area contributed by atoms with E-state index in [1.807, 2.05) is 30.3 Å². The van der Waals surface area contributed by atoms with Crippen LogP contribution in [-0.4, -0.2) is 18.5 Å². The van der Waals surface area contributed by atoms with E-state index in [4.69, 9.17) is 9.47 Å². The minimum absolute atomic E-state index is 0. The molecule has 2 rings (SSSR count). The number of carbonyl (C=O) groups excluding carboxylic acids is 2. The molecule has 0 saturated heterocycles. The molecule has 5 heteroatoms. The zero-order valence-corrected chi connectivity index (χ0v) is 13.6. The number of hydrogen-bond donors (Lipinski definition) is 0. The number of ether oxygens (including phenoxy) is 2. The fourth-order valence-corrected chi connectivity index (χ4v) is 1.38. The molecule has 0 fully saturated rings. The maximum atomic E-state index is 11.4. The van der Waals surface area contributed by atoms with Crippen LogP contribution in [-0.2, 0) is 26.6 Å². The standard InChI is InChI=1S/C12H13O4.C5H5.Fe/c1-4-15-12(14)9-6-5-7-10(9)16-11(13)8(2)3;1-2-4-5-3-1;/h5-7H,2,4H2,1,3H3;1-5H;/q-1;-5;. The average Bonchev–Trinajstić information content (AvgIpc) is 3.13. The van der Waals surface area contributed by atoms with Crippen molar-refractivity contribution in [1.82, 2.24) is 0 Å². The first-order valence-electron chi connectivity index (χ1n) is 6.53. The van der Waals surface area contributed by atoms with Gasteiger partial charge in [0.15, 0.2) is 0 Å². The van der Waals surface area contributed by atoms with Crippen LogP contribution in [0, 0.1) is 0 Å². The van der Waals surface area contributed by atoms with Crippen LogP contribution in [0.25, 0.3) is 0 Å². The van der Waals surface area contributed by atoms with Crippen LogP contribution in [0.1, 0.15) is 24.2 Å². The second-order valence-corrected chi connectivity index (χ2v) is 4.16. The van der Waals surface area contributed by atoms with Crippen molar-refractivity contribution in [2.75, 3.05) is 6.61 Å². The summed E-state index contributed by atoms with van der Waals surface area (Å²) in [5.74, 6) is -0.861. The third kappa shape index (κ3) is 6.57. The summed E-state index contributed by atoms with van der Waals surface area (Å²) in [6.07, 6.45) is 0. The Balaban J connectivity index is 0.000000622. The molecule has 0 unspecified atom stereocenters. The van der Waals surface area contributed by atoms with Gasteiger partial charge in [-0.25, -0.2) is 0 Å². The summed E-state index contributed by atoms with van der Waals surface area (Å²) in [6, 6.07) is 14.7. The van der Waals surface area contributed by atoms with Crippen LogP contribution in [0.15, 0.2) is 60.7 Å². The summed E-state index contributed by atoms with van der Waals surface area (Å²) in [4.78, 5) is 22.7. The molecule has 0 atom stereocenters. The van der Waals surface area contributed by atoms with Gasteiger partial charge in [0, 0.05) is 17.1 Å². The van der Waals surface area contributed by atoms with Gasteiger partial charge in [-0.05, 0) is 25.0 Å². The average molecular weight is 342 g/mol. The number of hydrogen-bond acceptors (Lipinski definition) is 4. The van der Waals surface area contributed by atoms with E-state index >= 15 is 0 Å². The topological polar surface area (TPSA) is 52.6 Å². The number of rotatable bonds is 4. The van der Waals surface area contributed by atoms with E-state index in [1.54, 1.807) is 19.1 Å². The molecule has 0 saturated carbocycles. The molecule has 0 aliphatic carbocycles. The number of carbonyl (C=O) groups is 2. The van der Waals surface area contributed by atoms with Gasteiger partial charge < -0.3 is 39.8 Å². The van der Waals surface area contributed by atoms with Gasteiger partial charge in [0.25, 0.3) is 11.9 Å². The Labute approximate surface area is 140 Å². The summed E-state index contributed by atoms with van der Waals surface area (Å²) < 4.78 is 9.79. The summed E-state index contributed by atoms with van der Waals surface area (Å²) in [5.41, 5.74) is 0.521. The quantitative estimate of drug-likeness (QED) is 0.370. The van der Waals surface area contributed by atoms with Crippen LogP contribution in [0.3, 0.4) is 0 Å². The Hall–Kier alpha value is -2.10. The van der Waals surface area contributed by atoms with E-state index in [0.717, 1.165) is 0 Å². The molecule has 2 aromatic rings. The smallest absolute Gasteiger partial charge is 0.276 e. The molecule has 0 heterocycles. The molecule has 4 nitrogen and oxygen atoms in total. The molecule has 0 N–H and O–H groups in total. The minimum atomic E-state index is -0.559. The van der Waals surface area contributed by atoms with Gasteiger partial charge in [-0.1, -0.05) is 12.6 Å². The van der Waals surface area contributed by atoms with E-state index < -0.39 is 11.9 Å². The molecule has 0 spiro atoms. The van der Waals surface area contributed by atoms with E-state index in [2.05, 4.69) is 6.58 Å². The molecular weight excluding hydrogens is 324 g/mol. The Morgan fingerprint density at radius 1 is 1.23 bits per heavy atom. The summed E-state index contributed by atoms with van der Waals surface area (Å²) >= 11 is 0. The van der Waals surface area contributed by atoms with Crippen LogP contribution in [0.2, 0.25) is 0 Å². The fraction of sp³-hybridized carbons (Fsp3) is 0.176. The van der Waals surface area contributed by atoms with Crippen LogP contribution >= 0.6 is 0 Å². The van der Waals surface area contributed by atoms with Gasteiger partial charge in [-0.15, -0.1) is 12.1 Å². The molecule has 0 amide bonds. The molecule has 0 aliphatic heterocycles. The van der Waals surface area contributed by atoms with Crippen molar-refractivity contribution in [2.24, 2.45) is 0 Å². The first-order chi connectivity index (χ1) is 10.1. The third-order valence-corrected chi connectivity index (χ3v) is 2.38. The minimum Gasteiger partial charge on any atom is -0.748 e. The Morgan fingerprint density at radius 3 is 2.23 bits per heavy atom. The van der Waals surface area contributed by atoms with E-state index in [0.29, 0.717) is 0 Å². The van der Waals surface area contributed by atoms with Gasteiger partial charge in [0.2, 0.25) is 0 Å². The van der Waals surface area contributed by atoms with Crippen LogP contribution in [0.4, 0.5) is 0 Å². The maximum absolute atomic E-state index is 11.4. The maximum Gasteiger partial charge on any atom is 0.276 e. The van der Waals surface area contributed by atoms with Gasteiger partial charge in [0.05, 0.1) is 12.4 Å². The molecule has 22 heavy (non-hydrogen) atoms. The van der Waals surface area contributed by atoms with Crippen molar-refractivity contribution in [3.63, 3.8) is 0 Å². The SMILES string of the molecule is C=C(C)C(=O)O[c-]1cccc1C(=O)OCC.[Fe].[cH-]1[cH-][cH-][cH-][cH-]1. The Kier molecular flexibility index (Phi) is 9.59. The first-order valence-corrected chi connectivity index (χ1v) is 6.53. The molecule has 2 aromatic carbocycles. The third-order valence-electron chi connectivity index (χ3n) is 2.38. The van der Waals surface area contributed by atoms with Crippen molar-refractivity contribution >= 4 is 11.9 Å². The van der Waals surface area contributed by atoms with E-state index in [1.165, 1.54) is 13.0 Å². The fourth-order valence-electron chi connectivity index (χ4n) is 1.38. The van der Waals surface area contributed by atoms with Crippen molar-refractivity contribution in [1.29, 1.82) is 0 Å². The van der Waals surface area contributed by atoms with Gasteiger partial charge in [0.1, 0.15) is 0 Å². The molecule has 124 valence electrons. The van der Waals surface area contributed by atoms with Crippen molar-refractivity contribution in [2.45, 2.75) is 13.8 Å². The van der Waals surface area contributed by atoms with Crippen LogP contribution < -0.4 is 4.74 Å². The summed E-state index contributed by atoms with van der Waals surface area (Å²) in [7, 11) is 0. The first kappa shape index (κ1) is 19.9. The van der Waals surface area contributed by atoms with Crippen LogP contribution in [0.5, 0.6) is 5.75 Å². The zero-order chi connectivity index (χ0) is 15.7. The normalized spacial score (nSPS) is 8.82. The van der Waals surface area contributed by atoms with Gasteiger partial charge in [-0.3, -0.25) is 9.59 Å². The van der Waals surface area contributed by atoms with Gasteiger partial charge >= 0.3 is 0 Å². The summed E-state index contributed by atoms with van der Waals surface area (Å²) in [5, 5.41) is 0. The van der Waals surface area contributed by atoms with E-state index in [-0.39, 0.29) is 40.6 Å². The largest absolute Gasteiger partial charge is 0.748 e. The second kappa shape index (κ2) is 10.6. The Bertz CT molecular complexity index is 564. The molecule has 0 radical (unpaired) electrons.